The first kappa shape index (κ1) is 22.8. The Bertz CT molecular complexity index is 3370. The van der Waals surface area contributed by atoms with Crippen molar-refractivity contribution in [1.29, 1.82) is 0 Å². The van der Waals surface area contributed by atoms with Crippen LogP contribution in [0.5, 0.6) is 0 Å². The van der Waals surface area contributed by atoms with Gasteiger partial charge >= 0.3 is 0 Å². The molecule has 5 heteroatoms. The molecule has 258 valence electrons. The van der Waals surface area contributed by atoms with Gasteiger partial charge < -0.3 is 8.98 Å². The summed E-state index contributed by atoms with van der Waals surface area (Å²) in [7, 11) is 0. The first-order chi connectivity index (χ1) is 29.7. The lowest BCUT2D eigenvalue weighted by atomic mass is 9.59. The zero-order valence-corrected chi connectivity index (χ0v) is 30.1. The molecular weight excluding hydrogens is 649 g/mol. The van der Waals surface area contributed by atoms with Crippen LogP contribution in [0.25, 0.3) is 83.6 Å². The number of fused-ring (bicyclic) bond motifs is 8. The monoisotopic (exact) mass is 698 g/mol. The standard InChI is InChI=1S/C48H40N4O/c1-46(2)35-27-34(45-50-43(29-17-9-7-10-18-29)49-44(51-45)30-19-11-8-12-20-30)39(28-36(35)47(3,4)48(46,5)6)52-37-23-15-13-22-33(37)41-38(52)26-25-32-31-21-14-16-24-40(31)53-42(32)41/h7-28H,1-6H3/i7D,8D,9D,10D,11D,12D,17D,18D,19D,20D. The van der Waals surface area contributed by atoms with E-state index in [-0.39, 0.29) is 39.4 Å². The van der Waals surface area contributed by atoms with Gasteiger partial charge in [0.2, 0.25) is 0 Å². The minimum absolute atomic E-state index is 0.000445. The van der Waals surface area contributed by atoms with E-state index >= 15 is 0 Å². The molecule has 53 heavy (non-hydrogen) atoms. The number of benzene rings is 6. The number of para-hydroxylation sites is 2. The van der Waals surface area contributed by atoms with Gasteiger partial charge in [0.05, 0.1) is 35.8 Å². The Kier molecular flexibility index (Phi) is 4.71. The van der Waals surface area contributed by atoms with Crippen molar-refractivity contribution in [2.24, 2.45) is 5.41 Å². The van der Waals surface area contributed by atoms with Crippen LogP contribution in [0.4, 0.5) is 0 Å². The van der Waals surface area contributed by atoms with E-state index in [0.717, 1.165) is 54.9 Å². The van der Waals surface area contributed by atoms with Crippen LogP contribution in [0.3, 0.4) is 0 Å². The second-order valence-corrected chi connectivity index (χ2v) is 15.4. The Morgan fingerprint density at radius 1 is 0.566 bits per heavy atom. The van der Waals surface area contributed by atoms with Gasteiger partial charge in [0.15, 0.2) is 17.5 Å². The van der Waals surface area contributed by atoms with Gasteiger partial charge in [-0.05, 0) is 63.8 Å². The molecule has 1 aliphatic rings. The molecule has 3 aromatic heterocycles. The summed E-state index contributed by atoms with van der Waals surface area (Å²) in [5.74, 6) is -0.645. The van der Waals surface area contributed by atoms with Crippen LogP contribution >= 0.6 is 0 Å². The number of aromatic nitrogens is 4. The van der Waals surface area contributed by atoms with E-state index in [4.69, 9.17) is 28.1 Å². The van der Waals surface area contributed by atoms with Gasteiger partial charge in [-0.1, -0.05) is 138 Å². The molecule has 0 aliphatic heterocycles. The summed E-state index contributed by atoms with van der Waals surface area (Å²) in [5.41, 5.74) is 4.69. The Labute approximate surface area is 323 Å². The normalized spacial score (nSPS) is 18.5. The van der Waals surface area contributed by atoms with Crippen LogP contribution in [0.2, 0.25) is 0 Å². The third-order valence-corrected chi connectivity index (χ3v) is 12.4. The first-order valence-corrected chi connectivity index (χ1v) is 17.6. The van der Waals surface area contributed by atoms with Crippen LogP contribution in [0, 0.1) is 5.41 Å². The molecule has 0 unspecified atom stereocenters. The van der Waals surface area contributed by atoms with Crippen molar-refractivity contribution in [3.05, 3.63) is 144 Å². The minimum Gasteiger partial charge on any atom is -0.455 e. The van der Waals surface area contributed by atoms with E-state index in [1.54, 1.807) is 0 Å². The van der Waals surface area contributed by atoms with Gasteiger partial charge in [0.1, 0.15) is 11.2 Å². The first-order valence-electron chi connectivity index (χ1n) is 22.6. The fourth-order valence-electron chi connectivity index (χ4n) is 8.38. The lowest BCUT2D eigenvalue weighted by Crippen LogP contribution is -2.42. The van der Waals surface area contributed by atoms with Gasteiger partial charge in [0, 0.05) is 32.8 Å². The van der Waals surface area contributed by atoms with Crippen LogP contribution < -0.4 is 0 Å². The maximum atomic E-state index is 8.94. The van der Waals surface area contributed by atoms with Crippen LogP contribution in [0.1, 0.15) is 66.4 Å². The van der Waals surface area contributed by atoms with E-state index in [1.165, 1.54) is 0 Å². The maximum Gasteiger partial charge on any atom is 0.166 e. The van der Waals surface area contributed by atoms with Crippen molar-refractivity contribution in [2.75, 3.05) is 0 Å². The molecule has 0 N–H and O–H groups in total. The molecule has 0 bridgehead atoms. The van der Waals surface area contributed by atoms with Crippen molar-refractivity contribution in [2.45, 2.75) is 52.4 Å². The highest BCUT2D eigenvalue weighted by Crippen LogP contribution is 2.62. The summed E-state index contributed by atoms with van der Waals surface area (Å²) in [5, 5.41) is 3.77. The molecule has 0 saturated heterocycles. The molecular formula is C48H40N4O. The molecule has 0 spiro atoms. The van der Waals surface area contributed by atoms with Gasteiger partial charge in [-0.15, -0.1) is 0 Å². The Morgan fingerprint density at radius 2 is 1.13 bits per heavy atom. The molecule has 0 radical (unpaired) electrons. The fraction of sp³-hybridized carbons (Fsp3) is 0.188. The SMILES string of the molecule is [2H]c1c([2H])c([2H])c(-c2nc(-c3cc4c(cc3-n3c5ccccc5c5c6oc7ccccc7c6ccc53)C(C)(C)C(C)(C)C4(C)C)nc(-c3c([2H])c([2H])c([2H])c([2H])c3[2H])n2)c([2H])c1[2H]. The lowest BCUT2D eigenvalue weighted by Gasteiger charge is -2.44. The maximum absolute atomic E-state index is 8.94. The average molecular weight is 699 g/mol. The molecule has 6 aromatic carbocycles. The number of hydrogen-bond donors (Lipinski definition) is 0. The quantitative estimate of drug-likeness (QED) is 0.184. The van der Waals surface area contributed by atoms with Gasteiger partial charge in [-0.3, -0.25) is 0 Å². The third-order valence-electron chi connectivity index (χ3n) is 12.4. The fourth-order valence-corrected chi connectivity index (χ4v) is 8.38. The van der Waals surface area contributed by atoms with Crippen molar-refractivity contribution in [3.8, 4) is 39.9 Å². The summed E-state index contributed by atoms with van der Waals surface area (Å²) >= 11 is 0. The summed E-state index contributed by atoms with van der Waals surface area (Å²) in [4.78, 5) is 14.5. The molecule has 9 aromatic rings. The van der Waals surface area contributed by atoms with E-state index in [2.05, 4.69) is 75.4 Å². The van der Waals surface area contributed by atoms with E-state index in [9.17, 15) is 0 Å². The molecule has 3 heterocycles. The van der Waals surface area contributed by atoms with Crippen molar-refractivity contribution >= 4 is 43.7 Å². The van der Waals surface area contributed by atoms with Crippen LogP contribution in [0.15, 0.2) is 138 Å². The summed E-state index contributed by atoms with van der Waals surface area (Å²) in [6.45, 7) is 13.4. The van der Waals surface area contributed by atoms with Crippen molar-refractivity contribution in [3.63, 3.8) is 0 Å². The predicted octanol–water partition coefficient (Wildman–Crippen LogP) is 12.5. The molecule has 0 amide bonds. The molecule has 1 aliphatic carbocycles. The Morgan fingerprint density at radius 3 is 1.79 bits per heavy atom. The predicted molar refractivity (Wildman–Crippen MR) is 218 cm³/mol. The van der Waals surface area contributed by atoms with Crippen LogP contribution in [-0.4, -0.2) is 19.5 Å². The van der Waals surface area contributed by atoms with Gasteiger partial charge in [0.25, 0.3) is 0 Å². The number of furan rings is 1. The lowest BCUT2D eigenvalue weighted by molar-refractivity contribution is 0.125. The highest BCUT2D eigenvalue weighted by molar-refractivity contribution is 6.24. The highest BCUT2D eigenvalue weighted by atomic mass is 16.3. The van der Waals surface area contributed by atoms with Crippen molar-refractivity contribution in [1.82, 2.24) is 19.5 Å². The third kappa shape index (κ3) is 4.34. The molecule has 5 nitrogen and oxygen atoms in total. The topological polar surface area (TPSA) is 56.7 Å². The zero-order valence-electron chi connectivity index (χ0n) is 40.1. The zero-order chi connectivity index (χ0) is 45.0. The number of rotatable bonds is 4. The largest absolute Gasteiger partial charge is 0.455 e. The highest BCUT2D eigenvalue weighted by Gasteiger charge is 2.57. The summed E-state index contributed by atoms with van der Waals surface area (Å²) in [6, 6.07) is 18.4. The van der Waals surface area contributed by atoms with E-state index in [1.807, 2.05) is 48.5 Å². The van der Waals surface area contributed by atoms with E-state index in [0.29, 0.717) is 11.3 Å². The number of hydrogen-bond acceptors (Lipinski definition) is 4. The Hall–Kier alpha value is -6.07. The molecule has 0 fully saturated rings. The van der Waals surface area contributed by atoms with Gasteiger partial charge in [-0.2, -0.15) is 0 Å². The van der Waals surface area contributed by atoms with E-state index < -0.39 is 65.8 Å². The molecule has 0 saturated carbocycles. The van der Waals surface area contributed by atoms with Crippen molar-refractivity contribution < 1.29 is 18.1 Å². The van der Waals surface area contributed by atoms with Crippen LogP contribution in [-0.2, 0) is 10.8 Å². The second-order valence-electron chi connectivity index (χ2n) is 15.4. The summed E-state index contributed by atoms with van der Waals surface area (Å²) in [6.07, 6.45) is 0. The summed E-state index contributed by atoms with van der Waals surface area (Å²) < 4.78 is 95.2. The average Bonchev–Trinajstić information content (AvgIpc) is 3.84. The Balaban J connectivity index is 1.39. The molecule has 10 rings (SSSR count). The smallest absolute Gasteiger partial charge is 0.166 e. The minimum atomic E-state index is -0.607. The second kappa shape index (κ2) is 11.0. The van der Waals surface area contributed by atoms with Gasteiger partial charge in [-0.25, -0.2) is 15.0 Å². The molecule has 0 atom stereocenters. The number of nitrogens with zero attached hydrogens (tertiary/aromatic N) is 4.